The second-order valence-electron chi connectivity index (χ2n) is 5.15. The number of phenolic OH excluding ortho intramolecular Hbond substituents is 1. The van der Waals surface area contributed by atoms with Crippen LogP contribution in [0.15, 0.2) is 66.7 Å². The summed E-state index contributed by atoms with van der Waals surface area (Å²) in [4.78, 5) is 0. The zero-order valence-corrected chi connectivity index (χ0v) is 12.1. The van der Waals surface area contributed by atoms with Gasteiger partial charge in [-0.05, 0) is 41.0 Å². The molecule has 3 aromatic carbocycles. The quantitative estimate of drug-likeness (QED) is 0.650. The second kappa shape index (κ2) is 4.88. The van der Waals surface area contributed by atoms with Crippen LogP contribution in [0, 0.1) is 0 Å². The topological polar surface area (TPSA) is 20.2 Å². The standard InChI is InChI=1S/C18H16OS/c1-18(20,14-9-11-15(19)12-10-14)17-8-4-6-13-5-2-3-7-16(13)17/h2-12,19-20H,1H3. The number of rotatable bonds is 2. The SMILES string of the molecule is CC(S)(c1ccc(O)cc1)c1cccc2ccccc12. The minimum Gasteiger partial charge on any atom is -0.508 e. The van der Waals surface area contributed by atoms with Crippen molar-refractivity contribution in [1.29, 1.82) is 0 Å². The van der Waals surface area contributed by atoms with Gasteiger partial charge in [0.15, 0.2) is 0 Å². The Morgan fingerprint density at radius 2 is 1.50 bits per heavy atom. The number of fused-ring (bicyclic) bond motifs is 1. The summed E-state index contributed by atoms with van der Waals surface area (Å²) < 4.78 is -0.408. The first-order chi connectivity index (χ1) is 9.59. The monoisotopic (exact) mass is 280 g/mol. The molecule has 2 heteroatoms. The first-order valence-corrected chi connectivity index (χ1v) is 7.04. The van der Waals surface area contributed by atoms with E-state index in [4.69, 9.17) is 12.6 Å². The number of thiol groups is 1. The fraction of sp³-hybridized carbons (Fsp3) is 0.111. The van der Waals surface area contributed by atoms with Gasteiger partial charge in [-0.3, -0.25) is 0 Å². The highest BCUT2D eigenvalue weighted by atomic mass is 32.1. The van der Waals surface area contributed by atoms with Crippen LogP contribution in [-0.4, -0.2) is 5.11 Å². The normalized spacial score (nSPS) is 14.1. The summed E-state index contributed by atoms with van der Waals surface area (Å²) in [7, 11) is 0. The molecule has 0 radical (unpaired) electrons. The Bertz CT molecular complexity index is 739. The van der Waals surface area contributed by atoms with Crippen molar-refractivity contribution in [2.24, 2.45) is 0 Å². The highest BCUT2D eigenvalue weighted by Crippen LogP contribution is 2.39. The highest BCUT2D eigenvalue weighted by molar-refractivity contribution is 7.81. The third-order valence-corrected chi connectivity index (χ3v) is 4.24. The molecule has 0 aliphatic carbocycles. The van der Waals surface area contributed by atoms with E-state index in [1.807, 2.05) is 24.3 Å². The van der Waals surface area contributed by atoms with Gasteiger partial charge in [-0.2, -0.15) is 12.6 Å². The fourth-order valence-corrected chi connectivity index (χ4v) is 2.94. The van der Waals surface area contributed by atoms with Gasteiger partial charge in [0.2, 0.25) is 0 Å². The molecule has 3 rings (SSSR count). The van der Waals surface area contributed by atoms with Gasteiger partial charge in [0, 0.05) is 0 Å². The third-order valence-electron chi connectivity index (χ3n) is 3.74. The fourth-order valence-electron chi connectivity index (χ4n) is 2.59. The van der Waals surface area contributed by atoms with Crippen molar-refractivity contribution < 1.29 is 5.11 Å². The predicted molar refractivity (Wildman–Crippen MR) is 87.5 cm³/mol. The van der Waals surface area contributed by atoms with Gasteiger partial charge in [0.05, 0.1) is 4.75 Å². The molecule has 1 atom stereocenters. The molecule has 0 aromatic heterocycles. The van der Waals surface area contributed by atoms with Crippen LogP contribution in [0.25, 0.3) is 10.8 Å². The lowest BCUT2D eigenvalue weighted by atomic mass is 9.88. The molecule has 0 saturated heterocycles. The van der Waals surface area contributed by atoms with Crippen LogP contribution in [0.1, 0.15) is 18.1 Å². The average Bonchev–Trinajstić information content (AvgIpc) is 2.47. The van der Waals surface area contributed by atoms with Crippen molar-refractivity contribution in [3.05, 3.63) is 77.9 Å². The number of aromatic hydroxyl groups is 1. The third kappa shape index (κ3) is 2.16. The summed E-state index contributed by atoms with van der Waals surface area (Å²) in [5, 5.41) is 11.9. The van der Waals surface area contributed by atoms with Crippen molar-refractivity contribution in [3.8, 4) is 5.75 Å². The van der Waals surface area contributed by atoms with E-state index in [0.717, 1.165) is 5.56 Å². The van der Waals surface area contributed by atoms with E-state index in [9.17, 15) is 5.11 Å². The Labute approximate surface area is 124 Å². The molecule has 0 aliphatic rings. The van der Waals surface area contributed by atoms with E-state index in [-0.39, 0.29) is 5.75 Å². The van der Waals surface area contributed by atoms with Gasteiger partial charge in [-0.1, -0.05) is 54.6 Å². The Hall–Kier alpha value is -1.93. The smallest absolute Gasteiger partial charge is 0.115 e. The van der Waals surface area contributed by atoms with Gasteiger partial charge < -0.3 is 5.11 Å². The Morgan fingerprint density at radius 1 is 0.850 bits per heavy atom. The summed E-state index contributed by atoms with van der Waals surface area (Å²) in [6.45, 7) is 2.09. The van der Waals surface area contributed by atoms with Crippen LogP contribution in [0.4, 0.5) is 0 Å². The molecule has 100 valence electrons. The summed E-state index contributed by atoms with van der Waals surface area (Å²) in [6.07, 6.45) is 0. The van der Waals surface area contributed by atoms with Gasteiger partial charge in [-0.15, -0.1) is 0 Å². The minimum atomic E-state index is -0.408. The molecule has 0 fully saturated rings. The lowest BCUT2D eigenvalue weighted by Gasteiger charge is -2.26. The Morgan fingerprint density at radius 3 is 2.25 bits per heavy atom. The molecule has 0 spiro atoms. The van der Waals surface area contributed by atoms with Crippen LogP contribution in [-0.2, 0) is 4.75 Å². The van der Waals surface area contributed by atoms with E-state index in [1.165, 1.54) is 16.3 Å². The Kier molecular flexibility index (Phi) is 3.19. The van der Waals surface area contributed by atoms with Crippen LogP contribution < -0.4 is 0 Å². The molecule has 3 aromatic rings. The number of hydrogen-bond donors (Lipinski definition) is 2. The van der Waals surface area contributed by atoms with Crippen molar-refractivity contribution in [1.82, 2.24) is 0 Å². The summed E-state index contributed by atoms with van der Waals surface area (Å²) in [6, 6.07) is 21.9. The largest absolute Gasteiger partial charge is 0.508 e. The highest BCUT2D eigenvalue weighted by Gasteiger charge is 2.25. The van der Waals surface area contributed by atoms with Crippen LogP contribution in [0.2, 0.25) is 0 Å². The van der Waals surface area contributed by atoms with Gasteiger partial charge in [-0.25, -0.2) is 0 Å². The zero-order valence-electron chi connectivity index (χ0n) is 11.2. The molecule has 20 heavy (non-hydrogen) atoms. The minimum absolute atomic E-state index is 0.274. The molecule has 0 heterocycles. The van der Waals surface area contributed by atoms with E-state index < -0.39 is 4.75 Å². The predicted octanol–water partition coefficient (Wildman–Crippen LogP) is 4.74. The molecule has 0 bridgehead atoms. The van der Waals surface area contributed by atoms with E-state index in [0.29, 0.717) is 0 Å². The molecular formula is C18H16OS. The van der Waals surface area contributed by atoms with E-state index >= 15 is 0 Å². The average molecular weight is 280 g/mol. The van der Waals surface area contributed by atoms with Crippen LogP contribution in [0.3, 0.4) is 0 Å². The maximum Gasteiger partial charge on any atom is 0.115 e. The molecule has 1 unspecified atom stereocenters. The van der Waals surface area contributed by atoms with Crippen LogP contribution >= 0.6 is 12.6 Å². The molecule has 0 aliphatic heterocycles. The van der Waals surface area contributed by atoms with Crippen molar-refractivity contribution in [2.75, 3.05) is 0 Å². The van der Waals surface area contributed by atoms with Crippen molar-refractivity contribution in [3.63, 3.8) is 0 Å². The summed E-state index contributed by atoms with van der Waals surface area (Å²) in [5.74, 6) is 0.274. The maximum absolute atomic E-state index is 9.44. The molecule has 1 N–H and O–H groups in total. The van der Waals surface area contributed by atoms with Crippen molar-refractivity contribution >= 4 is 23.4 Å². The van der Waals surface area contributed by atoms with Gasteiger partial charge in [0.25, 0.3) is 0 Å². The van der Waals surface area contributed by atoms with Gasteiger partial charge in [0.1, 0.15) is 5.75 Å². The first-order valence-electron chi connectivity index (χ1n) is 6.59. The Balaban J connectivity index is 2.20. The molecular weight excluding hydrogens is 264 g/mol. The number of hydrogen-bond acceptors (Lipinski definition) is 2. The van der Waals surface area contributed by atoms with E-state index in [2.05, 4.69) is 37.3 Å². The second-order valence-corrected chi connectivity index (χ2v) is 6.04. The summed E-state index contributed by atoms with van der Waals surface area (Å²) >= 11 is 4.89. The molecule has 0 saturated carbocycles. The first kappa shape index (κ1) is 13.1. The molecule has 1 nitrogen and oxygen atoms in total. The molecule has 0 amide bonds. The lowest BCUT2D eigenvalue weighted by molar-refractivity contribution is 0.475. The number of phenols is 1. The van der Waals surface area contributed by atoms with Gasteiger partial charge >= 0.3 is 0 Å². The summed E-state index contributed by atoms with van der Waals surface area (Å²) in [5.41, 5.74) is 2.24. The number of benzene rings is 3. The van der Waals surface area contributed by atoms with E-state index in [1.54, 1.807) is 12.1 Å². The lowest BCUT2D eigenvalue weighted by Crippen LogP contribution is -2.16. The maximum atomic E-state index is 9.44. The zero-order chi connectivity index (χ0) is 14.2. The van der Waals surface area contributed by atoms with Crippen LogP contribution in [0.5, 0.6) is 5.75 Å². The van der Waals surface area contributed by atoms with Crippen molar-refractivity contribution in [2.45, 2.75) is 11.7 Å².